The molecular formula is C14H14N2O2S. The lowest BCUT2D eigenvalue weighted by Crippen LogP contribution is -2.23. The monoisotopic (exact) mass is 274 g/mol. The number of rotatable bonds is 3. The predicted octanol–water partition coefficient (Wildman–Crippen LogP) is 2.25. The number of hydrogen-bond acceptors (Lipinski definition) is 4. The first-order valence-electron chi connectivity index (χ1n) is 5.71. The smallest absolute Gasteiger partial charge is 0.264 e. The van der Waals surface area contributed by atoms with E-state index in [2.05, 4.69) is 17.2 Å². The van der Waals surface area contributed by atoms with Gasteiger partial charge in [0.2, 0.25) is 0 Å². The van der Waals surface area contributed by atoms with Crippen LogP contribution in [0.3, 0.4) is 0 Å². The lowest BCUT2D eigenvalue weighted by molar-refractivity contribution is 0.0963. The lowest BCUT2D eigenvalue weighted by Gasteiger charge is -2.02. The first kappa shape index (κ1) is 13.2. The zero-order valence-electron chi connectivity index (χ0n) is 10.7. The van der Waals surface area contributed by atoms with Gasteiger partial charge < -0.3 is 15.8 Å². The van der Waals surface area contributed by atoms with Crippen molar-refractivity contribution in [3.63, 3.8) is 0 Å². The third-order valence-corrected chi connectivity index (χ3v) is 3.82. The highest BCUT2D eigenvalue weighted by Crippen LogP contribution is 2.39. The van der Waals surface area contributed by atoms with Crippen molar-refractivity contribution in [2.45, 2.75) is 6.92 Å². The van der Waals surface area contributed by atoms with Gasteiger partial charge in [-0.1, -0.05) is 12.0 Å². The number of fused-ring (bicyclic) bond motifs is 1. The van der Waals surface area contributed by atoms with Gasteiger partial charge in [-0.15, -0.1) is 17.3 Å². The summed E-state index contributed by atoms with van der Waals surface area (Å²) in [6.07, 6.45) is 0. The number of nitrogens with two attached hydrogens (primary N) is 1. The van der Waals surface area contributed by atoms with Crippen molar-refractivity contribution in [3.8, 4) is 17.6 Å². The van der Waals surface area contributed by atoms with Gasteiger partial charge in [0.15, 0.2) is 0 Å². The Bertz CT molecular complexity index is 680. The molecule has 4 nitrogen and oxygen atoms in total. The second kappa shape index (κ2) is 5.63. The van der Waals surface area contributed by atoms with E-state index in [1.807, 2.05) is 18.2 Å². The predicted molar refractivity (Wildman–Crippen MR) is 78.6 cm³/mol. The quantitative estimate of drug-likeness (QED) is 0.844. The molecule has 5 heteroatoms. The molecule has 1 aromatic heterocycles. The molecule has 98 valence electrons. The van der Waals surface area contributed by atoms with Crippen LogP contribution in [0.2, 0.25) is 0 Å². The van der Waals surface area contributed by atoms with Crippen LogP contribution in [0.15, 0.2) is 18.2 Å². The molecule has 2 rings (SSSR count). The topological polar surface area (TPSA) is 64.3 Å². The second-order valence-corrected chi connectivity index (χ2v) is 4.84. The normalized spacial score (nSPS) is 9.79. The summed E-state index contributed by atoms with van der Waals surface area (Å²) in [5.41, 5.74) is 6.51. The molecule has 0 atom stereocenters. The fraction of sp³-hybridized carbons (Fsp3) is 0.214. The van der Waals surface area contributed by atoms with E-state index in [-0.39, 0.29) is 5.91 Å². The highest BCUT2D eigenvalue weighted by atomic mass is 32.1. The first-order valence-corrected chi connectivity index (χ1v) is 6.53. The van der Waals surface area contributed by atoms with Gasteiger partial charge in [0, 0.05) is 4.70 Å². The van der Waals surface area contributed by atoms with Crippen LogP contribution in [0.1, 0.15) is 16.6 Å². The molecule has 0 aliphatic heterocycles. The van der Waals surface area contributed by atoms with E-state index in [0.717, 1.165) is 10.1 Å². The molecule has 0 spiro atoms. The van der Waals surface area contributed by atoms with E-state index in [4.69, 9.17) is 10.5 Å². The Morgan fingerprint density at radius 3 is 3.00 bits per heavy atom. The Labute approximate surface area is 115 Å². The molecule has 1 aromatic carbocycles. The van der Waals surface area contributed by atoms with Crippen molar-refractivity contribution in [3.05, 3.63) is 23.1 Å². The first-order chi connectivity index (χ1) is 9.19. The molecule has 0 fully saturated rings. The SMILES string of the molecule is CC#CCNC(=O)c1sc2cccc(OC)c2c1N. The Balaban J connectivity index is 2.41. The molecule has 0 unspecified atom stereocenters. The van der Waals surface area contributed by atoms with Crippen LogP contribution in [0.25, 0.3) is 10.1 Å². The molecule has 0 saturated carbocycles. The summed E-state index contributed by atoms with van der Waals surface area (Å²) in [6.45, 7) is 2.05. The van der Waals surface area contributed by atoms with E-state index in [9.17, 15) is 4.79 Å². The molecule has 0 radical (unpaired) electrons. The molecule has 0 saturated heterocycles. The Hall–Kier alpha value is -2.19. The molecule has 0 aliphatic rings. The highest BCUT2D eigenvalue weighted by Gasteiger charge is 2.18. The van der Waals surface area contributed by atoms with Crippen molar-refractivity contribution in [2.24, 2.45) is 0 Å². The number of hydrogen-bond donors (Lipinski definition) is 2. The summed E-state index contributed by atoms with van der Waals surface area (Å²) >= 11 is 1.35. The summed E-state index contributed by atoms with van der Waals surface area (Å²) in [6, 6.07) is 5.62. The summed E-state index contributed by atoms with van der Waals surface area (Å²) in [5.74, 6) is 5.98. The minimum Gasteiger partial charge on any atom is -0.496 e. The van der Waals surface area contributed by atoms with Gasteiger partial charge in [-0.2, -0.15) is 0 Å². The van der Waals surface area contributed by atoms with Crippen molar-refractivity contribution in [1.29, 1.82) is 0 Å². The van der Waals surface area contributed by atoms with E-state index >= 15 is 0 Å². The Kier molecular flexibility index (Phi) is 3.93. The zero-order valence-corrected chi connectivity index (χ0v) is 11.6. The van der Waals surface area contributed by atoms with Crippen LogP contribution in [-0.4, -0.2) is 19.6 Å². The number of thiophene rings is 1. The minimum atomic E-state index is -0.205. The number of carbonyl (C=O) groups excluding carboxylic acids is 1. The third-order valence-electron chi connectivity index (χ3n) is 2.65. The van der Waals surface area contributed by atoms with Crippen molar-refractivity contribution in [2.75, 3.05) is 19.4 Å². The number of methoxy groups -OCH3 is 1. The standard InChI is InChI=1S/C14H14N2O2S/c1-3-4-8-16-14(17)13-12(15)11-9(18-2)6-5-7-10(11)19-13/h5-7H,8,15H2,1-2H3,(H,16,17). The number of amides is 1. The van der Waals surface area contributed by atoms with E-state index in [0.29, 0.717) is 22.9 Å². The minimum absolute atomic E-state index is 0.205. The lowest BCUT2D eigenvalue weighted by atomic mass is 10.2. The number of carbonyl (C=O) groups is 1. The highest BCUT2D eigenvalue weighted by molar-refractivity contribution is 7.21. The third kappa shape index (κ3) is 2.49. The van der Waals surface area contributed by atoms with Gasteiger partial charge in [-0.3, -0.25) is 4.79 Å². The van der Waals surface area contributed by atoms with E-state index in [1.165, 1.54) is 11.3 Å². The molecule has 0 bridgehead atoms. The molecule has 3 N–H and O–H groups in total. The maximum atomic E-state index is 12.0. The summed E-state index contributed by atoms with van der Waals surface area (Å²) < 4.78 is 6.21. The van der Waals surface area contributed by atoms with Gasteiger partial charge >= 0.3 is 0 Å². The van der Waals surface area contributed by atoms with Crippen molar-refractivity contribution >= 4 is 33.0 Å². The molecular weight excluding hydrogens is 260 g/mol. The molecule has 0 aliphatic carbocycles. The summed E-state index contributed by atoms with van der Waals surface area (Å²) in [5, 5.41) is 3.51. The second-order valence-electron chi connectivity index (χ2n) is 3.79. The summed E-state index contributed by atoms with van der Waals surface area (Å²) in [4.78, 5) is 12.5. The van der Waals surface area contributed by atoms with Gasteiger partial charge in [0.25, 0.3) is 5.91 Å². The molecule has 2 aromatic rings. The Morgan fingerprint density at radius 1 is 1.53 bits per heavy atom. The summed E-state index contributed by atoms with van der Waals surface area (Å²) in [7, 11) is 1.59. The molecule has 1 amide bonds. The van der Waals surface area contributed by atoms with E-state index < -0.39 is 0 Å². The number of anilines is 1. The molecule has 1 heterocycles. The van der Waals surface area contributed by atoms with Crippen LogP contribution in [-0.2, 0) is 0 Å². The fourth-order valence-corrected chi connectivity index (χ4v) is 2.83. The van der Waals surface area contributed by atoms with Crippen LogP contribution in [0.4, 0.5) is 5.69 Å². The number of nitrogen functional groups attached to an aromatic ring is 1. The largest absolute Gasteiger partial charge is 0.496 e. The van der Waals surface area contributed by atoms with Crippen molar-refractivity contribution in [1.82, 2.24) is 5.32 Å². The van der Waals surface area contributed by atoms with E-state index in [1.54, 1.807) is 14.0 Å². The zero-order chi connectivity index (χ0) is 13.8. The average Bonchev–Trinajstić information content (AvgIpc) is 2.76. The van der Waals surface area contributed by atoms with Gasteiger partial charge in [-0.05, 0) is 19.1 Å². The Morgan fingerprint density at radius 2 is 2.32 bits per heavy atom. The average molecular weight is 274 g/mol. The van der Waals surface area contributed by atoms with Crippen LogP contribution in [0, 0.1) is 11.8 Å². The maximum absolute atomic E-state index is 12.0. The molecule has 19 heavy (non-hydrogen) atoms. The maximum Gasteiger partial charge on any atom is 0.264 e. The van der Waals surface area contributed by atoms with Crippen LogP contribution in [0.5, 0.6) is 5.75 Å². The number of ether oxygens (including phenoxy) is 1. The van der Waals surface area contributed by atoms with Gasteiger partial charge in [0.1, 0.15) is 10.6 Å². The van der Waals surface area contributed by atoms with Gasteiger partial charge in [0.05, 0.1) is 24.7 Å². The number of benzene rings is 1. The fourth-order valence-electron chi connectivity index (χ4n) is 1.77. The van der Waals surface area contributed by atoms with Crippen LogP contribution >= 0.6 is 11.3 Å². The van der Waals surface area contributed by atoms with Crippen LogP contribution < -0.4 is 15.8 Å². The number of nitrogens with one attached hydrogen (secondary N) is 1. The van der Waals surface area contributed by atoms with Crippen molar-refractivity contribution < 1.29 is 9.53 Å². The van der Waals surface area contributed by atoms with Gasteiger partial charge in [-0.25, -0.2) is 0 Å².